The summed E-state index contributed by atoms with van der Waals surface area (Å²) in [7, 11) is 4.08. The third kappa shape index (κ3) is 7.84. The Bertz CT molecular complexity index is 348. The van der Waals surface area contributed by atoms with Crippen molar-refractivity contribution in [2.45, 2.75) is 65.5 Å². The Hall–Kier alpha value is -0.810. The molecule has 24 heavy (non-hydrogen) atoms. The van der Waals surface area contributed by atoms with Gasteiger partial charge in [-0.05, 0) is 26.3 Å². The van der Waals surface area contributed by atoms with E-state index in [2.05, 4.69) is 60.2 Å². The summed E-state index contributed by atoms with van der Waals surface area (Å²) in [6.07, 6.45) is 5.09. The summed E-state index contributed by atoms with van der Waals surface area (Å²) in [6.45, 7) is 14.8. The molecule has 0 aliphatic carbocycles. The summed E-state index contributed by atoms with van der Waals surface area (Å²) in [5.74, 6) is 1.58. The van der Waals surface area contributed by atoms with E-state index >= 15 is 0 Å². The number of likely N-dealkylation sites (N-methyl/N-ethyl adjacent to an activating group) is 1. The van der Waals surface area contributed by atoms with Gasteiger partial charge in [0.2, 0.25) is 0 Å². The van der Waals surface area contributed by atoms with E-state index in [1.165, 1.54) is 51.9 Å². The van der Waals surface area contributed by atoms with Gasteiger partial charge in [-0.25, -0.2) is 0 Å². The minimum Gasteiger partial charge on any atom is -0.355 e. The van der Waals surface area contributed by atoms with E-state index in [4.69, 9.17) is 0 Å². The van der Waals surface area contributed by atoms with Gasteiger partial charge in [0.1, 0.15) is 0 Å². The highest BCUT2D eigenvalue weighted by molar-refractivity contribution is 5.79. The maximum atomic E-state index is 4.41. The molecular weight excluding hydrogens is 298 g/mol. The normalized spacial score (nSPS) is 20.2. The molecular formula is C19H41N5. The van der Waals surface area contributed by atoms with Crippen LogP contribution < -0.4 is 10.6 Å². The number of hydrogen-bond donors (Lipinski definition) is 2. The van der Waals surface area contributed by atoms with Crippen LogP contribution in [-0.4, -0.2) is 74.7 Å². The van der Waals surface area contributed by atoms with Crippen molar-refractivity contribution in [3.8, 4) is 0 Å². The maximum Gasteiger partial charge on any atom is 0.191 e. The molecule has 0 aromatic rings. The zero-order valence-electron chi connectivity index (χ0n) is 16.9. The van der Waals surface area contributed by atoms with Crippen LogP contribution in [0.3, 0.4) is 0 Å². The zero-order valence-corrected chi connectivity index (χ0v) is 16.9. The number of hydrogen-bond acceptors (Lipinski definition) is 3. The monoisotopic (exact) mass is 339 g/mol. The molecule has 142 valence electrons. The molecule has 0 amide bonds. The second-order valence-electron chi connectivity index (χ2n) is 7.64. The lowest BCUT2D eigenvalue weighted by Gasteiger charge is -2.40. The van der Waals surface area contributed by atoms with Gasteiger partial charge in [0.15, 0.2) is 5.96 Å². The van der Waals surface area contributed by atoms with E-state index in [0.717, 1.165) is 12.5 Å². The van der Waals surface area contributed by atoms with Crippen LogP contribution in [0.15, 0.2) is 4.99 Å². The third-order valence-electron chi connectivity index (χ3n) is 5.10. The molecule has 1 fully saturated rings. The summed E-state index contributed by atoms with van der Waals surface area (Å²) in [6, 6.07) is 1.04. The molecule has 1 aliphatic heterocycles. The van der Waals surface area contributed by atoms with E-state index in [0.29, 0.717) is 18.0 Å². The number of guanidine groups is 1. The van der Waals surface area contributed by atoms with Crippen LogP contribution in [0.2, 0.25) is 0 Å². The smallest absolute Gasteiger partial charge is 0.191 e. The van der Waals surface area contributed by atoms with E-state index in [1.54, 1.807) is 0 Å². The second-order valence-corrected chi connectivity index (χ2v) is 7.64. The van der Waals surface area contributed by atoms with Gasteiger partial charge in [0.25, 0.3) is 0 Å². The molecule has 5 heteroatoms. The highest BCUT2D eigenvalue weighted by Gasteiger charge is 2.25. The average Bonchev–Trinajstić information content (AvgIpc) is 2.55. The zero-order chi connectivity index (χ0) is 17.9. The SMILES string of the molecule is CCCCCC(C)NC(=NC)NCC(C(C)C)N1CCN(C)CC1. The van der Waals surface area contributed by atoms with Gasteiger partial charge in [0.05, 0.1) is 0 Å². The molecule has 1 heterocycles. The standard InChI is InChI=1S/C19H41N5/c1-7-8-9-10-17(4)22-19(20-5)21-15-18(16(2)3)24-13-11-23(6)12-14-24/h16-18H,7-15H2,1-6H3,(H2,20,21,22). The maximum absolute atomic E-state index is 4.41. The molecule has 5 nitrogen and oxygen atoms in total. The second kappa shape index (κ2) is 11.7. The fourth-order valence-electron chi connectivity index (χ4n) is 3.34. The van der Waals surface area contributed by atoms with Crippen LogP contribution in [0.1, 0.15) is 53.4 Å². The lowest BCUT2D eigenvalue weighted by molar-refractivity contribution is 0.0899. The number of piperazine rings is 1. The quantitative estimate of drug-likeness (QED) is 0.385. The lowest BCUT2D eigenvalue weighted by atomic mass is 10.0. The van der Waals surface area contributed by atoms with Crippen molar-refractivity contribution < 1.29 is 0 Å². The topological polar surface area (TPSA) is 42.9 Å². The Kier molecular flexibility index (Phi) is 10.3. The summed E-state index contributed by atoms with van der Waals surface area (Å²) >= 11 is 0. The van der Waals surface area contributed by atoms with Gasteiger partial charge in [-0.3, -0.25) is 9.89 Å². The van der Waals surface area contributed by atoms with Crippen LogP contribution >= 0.6 is 0 Å². The van der Waals surface area contributed by atoms with Crippen LogP contribution in [0.4, 0.5) is 0 Å². The van der Waals surface area contributed by atoms with E-state index in [9.17, 15) is 0 Å². The Labute approximate surface area is 150 Å². The van der Waals surface area contributed by atoms with Crippen LogP contribution in [0.25, 0.3) is 0 Å². The Morgan fingerprint density at radius 3 is 2.29 bits per heavy atom. The third-order valence-corrected chi connectivity index (χ3v) is 5.10. The fraction of sp³-hybridized carbons (Fsp3) is 0.947. The van der Waals surface area contributed by atoms with Gasteiger partial charge in [-0.15, -0.1) is 0 Å². The molecule has 0 spiro atoms. The number of nitrogens with one attached hydrogen (secondary N) is 2. The number of aliphatic imine (C=N–C) groups is 1. The largest absolute Gasteiger partial charge is 0.355 e. The molecule has 2 N–H and O–H groups in total. The van der Waals surface area contributed by atoms with E-state index in [1.807, 2.05) is 7.05 Å². The van der Waals surface area contributed by atoms with Crippen molar-refractivity contribution in [1.82, 2.24) is 20.4 Å². The van der Waals surface area contributed by atoms with Crippen molar-refractivity contribution in [2.75, 3.05) is 46.8 Å². The fourth-order valence-corrected chi connectivity index (χ4v) is 3.34. The van der Waals surface area contributed by atoms with Gasteiger partial charge in [0, 0.05) is 51.9 Å². The van der Waals surface area contributed by atoms with Crippen molar-refractivity contribution in [3.63, 3.8) is 0 Å². The van der Waals surface area contributed by atoms with Crippen LogP contribution in [0.5, 0.6) is 0 Å². The predicted octanol–water partition coefficient (Wildman–Crippen LogP) is 2.39. The Morgan fingerprint density at radius 2 is 1.75 bits per heavy atom. The molecule has 0 bridgehead atoms. The highest BCUT2D eigenvalue weighted by atomic mass is 15.3. The molecule has 0 radical (unpaired) electrons. The molecule has 0 aromatic carbocycles. The molecule has 0 aromatic heterocycles. The van der Waals surface area contributed by atoms with Gasteiger partial charge < -0.3 is 15.5 Å². The Balaban J connectivity index is 2.43. The summed E-state index contributed by atoms with van der Waals surface area (Å²) in [4.78, 5) is 9.46. The van der Waals surface area contributed by atoms with Crippen LogP contribution in [0, 0.1) is 5.92 Å². The van der Waals surface area contributed by atoms with Crippen molar-refractivity contribution in [2.24, 2.45) is 10.9 Å². The first-order chi connectivity index (χ1) is 11.5. The molecule has 0 saturated carbocycles. The Morgan fingerprint density at radius 1 is 1.08 bits per heavy atom. The van der Waals surface area contributed by atoms with Crippen molar-refractivity contribution in [3.05, 3.63) is 0 Å². The summed E-state index contributed by atoms with van der Waals surface area (Å²) in [5.41, 5.74) is 0. The van der Waals surface area contributed by atoms with Crippen molar-refractivity contribution >= 4 is 5.96 Å². The molecule has 2 atom stereocenters. The van der Waals surface area contributed by atoms with E-state index < -0.39 is 0 Å². The minimum absolute atomic E-state index is 0.476. The average molecular weight is 340 g/mol. The summed E-state index contributed by atoms with van der Waals surface area (Å²) in [5, 5.41) is 7.11. The van der Waals surface area contributed by atoms with Gasteiger partial charge in [-0.2, -0.15) is 0 Å². The lowest BCUT2D eigenvalue weighted by Crippen LogP contribution is -2.55. The highest BCUT2D eigenvalue weighted by Crippen LogP contribution is 2.13. The molecule has 1 aliphatic rings. The van der Waals surface area contributed by atoms with Gasteiger partial charge >= 0.3 is 0 Å². The predicted molar refractivity (Wildman–Crippen MR) is 106 cm³/mol. The van der Waals surface area contributed by atoms with E-state index in [-0.39, 0.29) is 0 Å². The number of rotatable bonds is 9. The van der Waals surface area contributed by atoms with Crippen LogP contribution in [-0.2, 0) is 0 Å². The minimum atomic E-state index is 0.476. The first-order valence-corrected chi connectivity index (χ1v) is 9.87. The molecule has 2 unspecified atom stereocenters. The summed E-state index contributed by atoms with van der Waals surface area (Å²) < 4.78 is 0. The number of nitrogens with zero attached hydrogens (tertiary/aromatic N) is 3. The molecule has 1 rings (SSSR count). The van der Waals surface area contributed by atoms with Crippen molar-refractivity contribution in [1.29, 1.82) is 0 Å². The van der Waals surface area contributed by atoms with Gasteiger partial charge in [-0.1, -0.05) is 40.0 Å². The molecule has 1 saturated heterocycles. The first-order valence-electron chi connectivity index (χ1n) is 9.87. The number of unbranched alkanes of at least 4 members (excludes halogenated alkanes) is 2. The first kappa shape index (κ1) is 21.2.